The van der Waals surface area contributed by atoms with Crippen molar-refractivity contribution >= 4 is 0 Å². The van der Waals surface area contributed by atoms with Crippen LogP contribution in [0.15, 0.2) is 6.20 Å². The molecule has 1 unspecified atom stereocenters. The first-order valence-electron chi connectivity index (χ1n) is 8.37. The Bertz CT molecular complexity index is 455. The lowest BCUT2D eigenvalue weighted by atomic mass is 9.48. The molecule has 3 nitrogen and oxygen atoms in total. The Morgan fingerprint density at radius 2 is 1.85 bits per heavy atom. The minimum atomic E-state index is 0.604. The second-order valence-electron chi connectivity index (χ2n) is 7.90. The van der Waals surface area contributed by atoms with E-state index < -0.39 is 0 Å². The van der Waals surface area contributed by atoms with Gasteiger partial charge in [-0.15, -0.1) is 0 Å². The van der Waals surface area contributed by atoms with Gasteiger partial charge in [-0.05, 0) is 75.5 Å². The third kappa shape index (κ3) is 2.02. The number of aryl methyl sites for hydroxylation is 1. The maximum Gasteiger partial charge on any atom is 0.0535 e. The molecule has 4 saturated carbocycles. The average molecular weight is 273 g/mol. The van der Waals surface area contributed by atoms with Crippen molar-refractivity contribution in [1.29, 1.82) is 0 Å². The molecule has 0 aliphatic heterocycles. The molecule has 1 aromatic heterocycles. The van der Waals surface area contributed by atoms with Gasteiger partial charge in [-0.3, -0.25) is 5.10 Å². The van der Waals surface area contributed by atoms with Crippen molar-refractivity contribution in [3.63, 3.8) is 0 Å². The molecule has 4 aliphatic carbocycles. The molecule has 1 heterocycles. The Morgan fingerprint density at radius 1 is 1.25 bits per heavy atom. The van der Waals surface area contributed by atoms with E-state index in [1.807, 2.05) is 6.20 Å². The molecule has 2 N–H and O–H groups in total. The minimum absolute atomic E-state index is 0.604. The van der Waals surface area contributed by atoms with Gasteiger partial charge in [0.15, 0.2) is 0 Å². The second kappa shape index (κ2) is 4.59. The van der Waals surface area contributed by atoms with E-state index in [1.165, 1.54) is 49.8 Å². The fraction of sp³-hybridized carbons (Fsp3) is 0.824. The predicted octanol–water partition coefficient (Wildman–Crippen LogP) is 3.41. The first-order valence-corrected chi connectivity index (χ1v) is 8.37. The molecule has 20 heavy (non-hydrogen) atoms. The van der Waals surface area contributed by atoms with E-state index in [9.17, 15) is 0 Å². The topological polar surface area (TPSA) is 40.7 Å². The standard InChI is InChI=1S/C17H27N3/c1-11-16(10-19-20-11)9-18-12(2)17-6-13-3-14(7-17)5-15(4-13)8-17/h10,12-15,18H,3-9H2,1-2H3,(H,19,20). The van der Waals surface area contributed by atoms with E-state index in [4.69, 9.17) is 0 Å². The molecular formula is C17H27N3. The number of hydrogen-bond acceptors (Lipinski definition) is 2. The van der Waals surface area contributed by atoms with Crippen molar-refractivity contribution in [3.8, 4) is 0 Å². The molecule has 0 aromatic carbocycles. The highest BCUT2D eigenvalue weighted by Crippen LogP contribution is 2.61. The van der Waals surface area contributed by atoms with Crippen molar-refractivity contribution in [2.24, 2.45) is 23.2 Å². The van der Waals surface area contributed by atoms with Crippen molar-refractivity contribution in [1.82, 2.24) is 15.5 Å². The molecule has 0 spiro atoms. The van der Waals surface area contributed by atoms with Gasteiger partial charge >= 0.3 is 0 Å². The van der Waals surface area contributed by atoms with Crippen LogP contribution in [0.2, 0.25) is 0 Å². The Morgan fingerprint density at radius 3 is 2.35 bits per heavy atom. The highest BCUT2D eigenvalue weighted by molar-refractivity contribution is 5.14. The molecule has 0 saturated heterocycles. The highest BCUT2D eigenvalue weighted by atomic mass is 15.1. The van der Waals surface area contributed by atoms with E-state index in [0.29, 0.717) is 11.5 Å². The van der Waals surface area contributed by atoms with Crippen molar-refractivity contribution in [2.75, 3.05) is 0 Å². The summed E-state index contributed by atoms with van der Waals surface area (Å²) >= 11 is 0. The molecule has 4 bridgehead atoms. The molecular weight excluding hydrogens is 246 g/mol. The lowest BCUT2D eigenvalue weighted by molar-refractivity contribution is -0.0706. The molecule has 0 radical (unpaired) electrons. The summed E-state index contributed by atoms with van der Waals surface area (Å²) < 4.78 is 0. The zero-order chi connectivity index (χ0) is 13.7. The summed E-state index contributed by atoms with van der Waals surface area (Å²) in [4.78, 5) is 0. The summed E-state index contributed by atoms with van der Waals surface area (Å²) in [5.41, 5.74) is 3.13. The third-order valence-electron chi connectivity index (χ3n) is 6.54. The monoisotopic (exact) mass is 273 g/mol. The number of H-pyrrole nitrogens is 1. The first kappa shape index (κ1) is 12.9. The third-order valence-corrected chi connectivity index (χ3v) is 6.54. The highest BCUT2D eigenvalue weighted by Gasteiger charge is 2.52. The van der Waals surface area contributed by atoms with E-state index >= 15 is 0 Å². The molecule has 110 valence electrons. The quantitative estimate of drug-likeness (QED) is 0.882. The number of aromatic nitrogens is 2. The number of hydrogen-bond donors (Lipinski definition) is 2. The van der Waals surface area contributed by atoms with E-state index in [2.05, 4.69) is 29.4 Å². The van der Waals surface area contributed by atoms with Gasteiger partial charge < -0.3 is 5.32 Å². The molecule has 4 fully saturated rings. The average Bonchev–Trinajstić information content (AvgIpc) is 2.80. The van der Waals surface area contributed by atoms with Gasteiger partial charge in [-0.1, -0.05) is 0 Å². The normalized spacial score (nSPS) is 40.2. The van der Waals surface area contributed by atoms with Crippen LogP contribution in [0.25, 0.3) is 0 Å². The van der Waals surface area contributed by atoms with Crippen LogP contribution in [-0.4, -0.2) is 16.2 Å². The largest absolute Gasteiger partial charge is 0.310 e. The number of nitrogens with zero attached hydrogens (tertiary/aromatic N) is 1. The fourth-order valence-corrected chi connectivity index (χ4v) is 5.74. The van der Waals surface area contributed by atoms with Gasteiger partial charge in [0.2, 0.25) is 0 Å². The maximum absolute atomic E-state index is 4.13. The molecule has 1 atom stereocenters. The number of nitrogens with one attached hydrogen (secondary N) is 2. The van der Waals surface area contributed by atoms with Crippen LogP contribution in [-0.2, 0) is 6.54 Å². The summed E-state index contributed by atoms with van der Waals surface area (Å²) in [6, 6.07) is 0.644. The van der Waals surface area contributed by atoms with Gasteiger partial charge in [0, 0.05) is 23.8 Å². The zero-order valence-corrected chi connectivity index (χ0v) is 12.8. The van der Waals surface area contributed by atoms with E-state index in [1.54, 1.807) is 0 Å². The number of rotatable bonds is 4. The lowest BCUT2D eigenvalue weighted by Crippen LogP contribution is -2.54. The summed E-state index contributed by atoms with van der Waals surface area (Å²) in [7, 11) is 0. The van der Waals surface area contributed by atoms with Crippen LogP contribution in [0.5, 0.6) is 0 Å². The second-order valence-corrected chi connectivity index (χ2v) is 7.90. The Hall–Kier alpha value is -0.830. The van der Waals surface area contributed by atoms with Gasteiger partial charge in [0.25, 0.3) is 0 Å². The van der Waals surface area contributed by atoms with Gasteiger partial charge in [-0.25, -0.2) is 0 Å². The minimum Gasteiger partial charge on any atom is -0.310 e. The molecule has 3 heteroatoms. The number of aromatic amines is 1. The van der Waals surface area contributed by atoms with Crippen molar-refractivity contribution < 1.29 is 0 Å². The smallest absolute Gasteiger partial charge is 0.0535 e. The summed E-state index contributed by atoms with van der Waals surface area (Å²) in [5.74, 6) is 3.13. The maximum atomic E-state index is 4.13. The lowest BCUT2D eigenvalue weighted by Gasteiger charge is -2.59. The van der Waals surface area contributed by atoms with Crippen LogP contribution >= 0.6 is 0 Å². The van der Waals surface area contributed by atoms with Crippen LogP contribution in [0.3, 0.4) is 0 Å². The summed E-state index contributed by atoms with van der Waals surface area (Å²) in [6.07, 6.45) is 11.0. The van der Waals surface area contributed by atoms with Crippen LogP contribution in [0, 0.1) is 30.1 Å². The summed E-state index contributed by atoms with van der Waals surface area (Å²) in [5, 5.41) is 11.0. The van der Waals surface area contributed by atoms with Crippen LogP contribution < -0.4 is 5.32 Å². The Kier molecular flexibility index (Phi) is 2.95. The van der Waals surface area contributed by atoms with E-state index in [-0.39, 0.29) is 0 Å². The van der Waals surface area contributed by atoms with Crippen molar-refractivity contribution in [3.05, 3.63) is 17.5 Å². The van der Waals surface area contributed by atoms with Gasteiger partial charge in [0.1, 0.15) is 0 Å². The first-order chi connectivity index (χ1) is 9.64. The summed E-state index contributed by atoms with van der Waals surface area (Å²) in [6.45, 7) is 5.51. The molecule has 1 aromatic rings. The van der Waals surface area contributed by atoms with Crippen molar-refractivity contribution in [2.45, 2.75) is 65.0 Å². The van der Waals surface area contributed by atoms with Crippen LogP contribution in [0.1, 0.15) is 56.7 Å². The molecule has 0 amide bonds. The Balaban J connectivity index is 1.45. The van der Waals surface area contributed by atoms with E-state index in [0.717, 1.165) is 24.3 Å². The molecule has 4 aliphatic rings. The van der Waals surface area contributed by atoms with Gasteiger partial charge in [-0.2, -0.15) is 5.10 Å². The van der Waals surface area contributed by atoms with Crippen LogP contribution in [0.4, 0.5) is 0 Å². The zero-order valence-electron chi connectivity index (χ0n) is 12.8. The predicted molar refractivity (Wildman–Crippen MR) is 80.2 cm³/mol. The van der Waals surface area contributed by atoms with Gasteiger partial charge in [0.05, 0.1) is 6.20 Å². The fourth-order valence-electron chi connectivity index (χ4n) is 5.74. The molecule has 5 rings (SSSR count). The Labute approximate surface area is 121 Å². The SMILES string of the molecule is Cc1[nH]ncc1CNC(C)C12CC3CC(CC(C3)C1)C2.